The van der Waals surface area contributed by atoms with Gasteiger partial charge in [-0.25, -0.2) is 9.97 Å². The maximum absolute atomic E-state index is 9.12. The van der Waals surface area contributed by atoms with Gasteiger partial charge in [-0.05, 0) is 32.4 Å². The first-order valence-corrected chi connectivity index (χ1v) is 10.4. The number of fused-ring (bicyclic) bond motifs is 1. The second kappa shape index (κ2) is 7.92. The molecule has 0 amide bonds. The highest BCUT2D eigenvalue weighted by atomic mass is 32.1. The monoisotopic (exact) mass is 412 g/mol. The number of aliphatic hydroxyl groups is 1. The predicted octanol–water partition coefficient (Wildman–Crippen LogP) is 3.61. The molecule has 9 heteroatoms. The Labute approximate surface area is 172 Å². The van der Waals surface area contributed by atoms with E-state index in [1.54, 1.807) is 17.5 Å². The zero-order chi connectivity index (χ0) is 20.5. The lowest BCUT2D eigenvalue weighted by Crippen LogP contribution is -2.04. The Balaban J connectivity index is 1.86. The second-order valence-electron chi connectivity index (χ2n) is 7.15. The molecule has 0 bridgehead atoms. The molecule has 29 heavy (non-hydrogen) atoms. The van der Waals surface area contributed by atoms with Gasteiger partial charge in [0, 0.05) is 44.7 Å². The summed E-state index contributed by atoms with van der Waals surface area (Å²) in [6.45, 7) is 6.71. The van der Waals surface area contributed by atoms with Crippen LogP contribution < -0.4 is 4.74 Å². The third kappa shape index (κ3) is 3.63. The van der Waals surface area contributed by atoms with Gasteiger partial charge >= 0.3 is 0 Å². The molecule has 0 saturated carbocycles. The van der Waals surface area contributed by atoms with Crippen molar-refractivity contribution in [2.75, 3.05) is 13.2 Å². The number of thiophene rings is 1. The zero-order valence-corrected chi connectivity index (χ0v) is 17.8. The Morgan fingerprint density at radius 3 is 2.72 bits per heavy atom. The van der Waals surface area contributed by atoms with E-state index < -0.39 is 0 Å². The first-order chi connectivity index (χ1) is 14.0. The predicted molar refractivity (Wildman–Crippen MR) is 113 cm³/mol. The summed E-state index contributed by atoms with van der Waals surface area (Å²) in [5.74, 6) is 1.71. The van der Waals surface area contributed by atoms with E-state index in [4.69, 9.17) is 19.9 Å². The Bertz CT molecular complexity index is 1140. The standard InChI is InChI=1S/C20H24N6O2S/c1-12(2)26-8-6-14(24-26)16-13(3)15-19(28-11-5-10-27)22-17(23-20(15)29-16)18-21-7-9-25(18)4/h6-9,12,27H,5,10-11H2,1-4H3. The molecule has 0 radical (unpaired) electrons. The summed E-state index contributed by atoms with van der Waals surface area (Å²) in [4.78, 5) is 15.7. The highest BCUT2D eigenvalue weighted by molar-refractivity contribution is 7.22. The molecule has 0 aliphatic rings. The van der Waals surface area contributed by atoms with Crippen LogP contribution in [0.3, 0.4) is 0 Å². The van der Waals surface area contributed by atoms with Crippen molar-refractivity contribution in [1.82, 2.24) is 29.3 Å². The number of nitrogens with zero attached hydrogens (tertiary/aromatic N) is 6. The lowest BCUT2D eigenvalue weighted by Gasteiger charge is -2.08. The van der Waals surface area contributed by atoms with Crippen LogP contribution in [0.1, 0.15) is 31.9 Å². The molecule has 0 aliphatic carbocycles. The number of hydrogen-bond donors (Lipinski definition) is 1. The highest BCUT2D eigenvalue weighted by Crippen LogP contribution is 2.41. The Kier molecular flexibility index (Phi) is 5.33. The number of imidazole rings is 1. The molecule has 1 N–H and O–H groups in total. The first-order valence-electron chi connectivity index (χ1n) is 9.57. The number of rotatable bonds is 7. The van der Waals surface area contributed by atoms with Crippen molar-refractivity contribution < 1.29 is 9.84 Å². The molecule has 4 rings (SSSR count). The van der Waals surface area contributed by atoms with E-state index in [0.29, 0.717) is 36.6 Å². The van der Waals surface area contributed by atoms with E-state index in [0.717, 1.165) is 26.4 Å². The van der Waals surface area contributed by atoms with Crippen molar-refractivity contribution in [3.8, 4) is 28.1 Å². The number of ether oxygens (including phenoxy) is 1. The zero-order valence-electron chi connectivity index (χ0n) is 17.0. The molecule has 152 valence electrons. The van der Waals surface area contributed by atoms with Gasteiger partial charge in [-0.3, -0.25) is 4.68 Å². The third-order valence-electron chi connectivity index (χ3n) is 4.69. The molecule has 0 aliphatic heterocycles. The minimum atomic E-state index is 0.0704. The fraction of sp³-hybridized carbons (Fsp3) is 0.400. The molecule has 4 aromatic heterocycles. The van der Waals surface area contributed by atoms with E-state index in [1.807, 2.05) is 41.7 Å². The van der Waals surface area contributed by atoms with Crippen molar-refractivity contribution in [3.05, 3.63) is 30.2 Å². The smallest absolute Gasteiger partial charge is 0.226 e. The SMILES string of the molecule is Cc1c(-c2ccn(C(C)C)n2)sc2nc(-c3nccn3C)nc(OCCCO)c12. The summed E-state index contributed by atoms with van der Waals surface area (Å²) in [7, 11) is 1.91. The van der Waals surface area contributed by atoms with Crippen LogP contribution in [-0.4, -0.2) is 47.6 Å². The Hall–Kier alpha value is -2.78. The first kappa shape index (κ1) is 19.5. The van der Waals surface area contributed by atoms with Crippen LogP contribution in [0.25, 0.3) is 32.4 Å². The lowest BCUT2D eigenvalue weighted by atomic mass is 10.2. The maximum atomic E-state index is 9.12. The molecule has 0 saturated heterocycles. The minimum absolute atomic E-state index is 0.0704. The molecule has 0 spiro atoms. The number of aromatic nitrogens is 6. The molecular weight excluding hydrogens is 388 g/mol. The Morgan fingerprint density at radius 1 is 1.24 bits per heavy atom. The largest absolute Gasteiger partial charge is 0.477 e. The molecule has 8 nitrogen and oxygen atoms in total. The number of aliphatic hydroxyl groups excluding tert-OH is 1. The molecule has 0 aromatic carbocycles. The van der Waals surface area contributed by atoms with Crippen molar-refractivity contribution in [2.24, 2.45) is 7.05 Å². The average Bonchev–Trinajstić information content (AvgIpc) is 3.40. The van der Waals surface area contributed by atoms with Gasteiger partial charge in [0.15, 0.2) is 5.82 Å². The van der Waals surface area contributed by atoms with Crippen LogP contribution in [0.4, 0.5) is 0 Å². The van der Waals surface area contributed by atoms with Crippen molar-refractivity contribution in [3.63, 3.8) is 0 Å². The number of aryl methyl sites for hydroxylation is 2. The third-order valence-corrected chi connectivity index (χ3v) is 5.90. The van der Waals surface area contributed by atoms with E-state index in [1.165, 1.54) is 0 Å². The van der Waals surface area contributed by atoms with Gasteiger partial charge < -0.3 is 14.4 Å². The maximum Gasteiger partial charge on any atom is 0.226 e. The Morgan fingerprint density at radius 2 is 2.07 bits per heavy atom. The molecule has 4 aromatic rings. The average molecular weight is 413 g/mol. The van der Waals surface area contributed by atoms with Gasteiger partial charge in [0.2, 0.25) is 11.7 Å². The van der Waals surface area contributed by atoms with Gasteiger partial charge in [0.05, 0.1) is 16.9 Å². The van der Waals surface area contributed by atoms with Crippen LogP contribution in [-0.2, 0) is 7.05 Å². The molecule has 0 unspecified atom stereocenters. The fourth-order valence-corrected chi connectivity index (χ4v) is 4.25. The summed E-state index contributed by atoms with van der Waals surface area (Å²) in [5.41, 5.74) is 1.96. The minimum Gasteiger partial charge on any atom is -0.477 e. The second-order valence-corrected chi connectivity index (χ2v) is 8.15. The normalized spacial score (nSPS) is 11.7. The van der Waals surface area contributed by atoms with Crippen LogP contribution in [0.15, 0.2) is 24.7 Å². The van der Waals surface area contributed by atoms with Gasteiger partial charge in [-0.15, -0.1) is 11.3 Å². The summed E-state index contributed by atoms with van der Waals surface area (Å²) in [5, 5.41) is 14.7. The van der Waals surface area contributed by atoms with Crippen LogP contribution in [0, 0.1) is 6.92 Å². The van der Waals surface area contributed by atoms with Gasteiger partial charge in [-0.1, -0.05) is 0 Å². The summed E-state index contributed by atoms with van der Waals surface area (Å²) < 4.78 is 9.77. The van der Waals surface area contributed by atoms with Gasteiger partial charge in [0.25, 0.3) is 0 Å². The van der Waals surface area contributed by atoms with E-state index in [-0.39, 0.29) is 6.61 Å². The van der Waals surface area contributed by atoms with E-state index in [9.17, 15) is 0 Å². The summed E-state index contributed by atoms with van der Waals surface area (Å²) >= 11 is 1.58. The van der Waals surface area contributed by atoms with E-state index >= 15 is 0 Å². The van der Waals surface area contributed by atoms with Crippen LogP contribution in [0.5, 0.6) is 5.88 Å². The number of hydrogen-bond acceptors (Lipinski definition) is 7. The molecule has 0 atom stereocenters. The van der Waals surface area contributed by atoms with Crippen molar-refractivity contribution >= 4 is 21.6 Å². The van der Waals surface area contributed by atoms with Crippen molar-refractivity contribution in [2.45, 2.75) is 33.2 Å². The summed E-state index contributed by atoms with van der Waals surface area (Å²) in [6, 6.07) is 2.32. The lowest BCUT2D eigenvalue weighted by molar-refractivity contribution is 0.231. The van der Waals surface area contributed by atoms with E-state index in [2.05, 4.69) is 23.8 Å². The van der Waals surface area contributed by atoms with Gasteiger partial charge in [0.1, 0.15) is 10.5 Å². The quantitative estimate of drug-likeness (QED) is 0.466. The molecule has 0 fully saturated rings. The van der Waals surface area contributed by atoms with Crippen molar-refractivity contribution in [1.29, 1.82) is 0 Å². The summed E-state index contributed by atoms with van der Waals surface area (Å²) in [6.07, 6.45) is 6.11. The van der Waals surface area contributed by atoms with Gasteiger partial charge in [-0.2, -0.15) is 10.1 Å². The molecule has 4 heterocycles. The highest BCUT2D eigenvalue weighted by Gasteiger charge is 2.21. The topological polar surface area (TPSA) is 90.9 Å². The fourth-order valence-electron chi connectivity index (χ4n) is 3.11. The molecular formula is C20H24N6O2S. The van der Waals surface area contributed by atoms with Crippen LogP contribution in [0.2, 0.25) is 0 Å². The van der Waals surface area contributed by atoms with Crippen LogP contribution >= 0.6 is 11.3 Å².